The lowest BCUT2D eigenvalue weighted by atomic mass is 10.1. The molecule has 0 saturated carbocycles. The van der Waals surface area contributed by atoms with Gasteiger partial charge in [0.1, 0.15) is 12.4 Å². The zero-order valence-electron chi connectivity index (χ0n) is 13.1. The molecule has 0 unspecified atom stereocenters. The predicted octanol–water partition coefficient (Wildman–Crippen LogP) is 3.59. The second-order valence-corrected chi connectivity index (χ2v) is 5.78. The number of nitrogens with one attached hydrogen (secondary N) is 1. The van der Waals surface area contributed by atoms with Gasteiger partial charge < -0.3 is 15.0 Å². The SMILES string of the molecule is CCNCc1cc(Br)cc(C)c1OCCN(CC)CC. The molecule has 0 aliphatic carbocycles. The molecule has 4 heteroatoms. The molecule has 0 fully saturated rings. The molecule has 114 valence electrons. The molecule has 0 bridgehead atoms. The third-order valence-electron chi connectivity index (χ3n) is 3.43. The quantitative estimate of drug-likeness (QED) is 0.742. The number of hydrogen-bond acceptors (Lipinski definition) is 3. The summed E-state index contributed by atoms with van der Waals surface area (Å²) < 4.78 is 7.16. The van der Waals surface area contributed by atoms with E-state index in [1.54, 1.807) is 0 Å². The summed E-state index contributed by atoms with van der Waals surface area (Å²) in [6.07, 6.45) is 0. The maximum atomic E-state index is 6.05. The number of ether oxygens (including phenoxy) is 1. The van der Waals surface area contributed by atoms with Crippen LogP contribution in [0.4, 0.5) is 0 Å². The topological polar surface area (TPSA) is 24.5 Å². The van der Waals surface area contributed by atoms with Gasteiger partial charge in [-0.15, -0.1) is 0 Å². The lowest BCUT2D eigenvalue weighted by molar-refractivity contribution is 0.220. The average molecular weight is 343 g/mol. The number of benzene rings is 1. The van der Waals surface area contributed by atoms with Gasteiger partial charge in [0.2, 0.25) is 0 Å². The first kappa shape index (κ1) is 17.5. The van der Waals surface area contributed by atoms with Crippen LogP contribution in [-0.2, 0) is 6.54 Å². The van der Waals surface area contributed by atoms with Crippen molar-refractivity contribution < 1.29 is 4.74 Å². The van der Waals surface area contributed by atoms with Crippen molar-refractivity contribution in [1.29, 1.82) is 0 Å². The Balaban J connectivity index is 2.71. The molecule has 0 aliphatic heterocycles. The molecular formula is C16H27BrN2O. The first-order valence-electron chi connectivity index (χ1n) is 7.47. The summed E-state index contributed by atoms with van der Waals surface area (Å²) in [6, 6.07) is 4.25. The molecule has 20 heavy (non-hydrogen) atoms. The number of likely N-dealkylation sites (N-methyl/N-ethyl adjacent to an activating group) is 1. The smallest absolute Gasteiger partial charge is 0.126 e. The van der Waals surface area contributed by atoms with E-state index in [4.69, 9.17) is 4.74 Å². The van der Waals surface area contributed by atoms with Gasteiger partial charge in [-0.3, -0.25) is 0 Å². The predicted molar refractivity (Wildman–Crippen MR) is 89.5 cm³/mol. The Labute approximate surface area is 131 Å². The number of halogens is 1. The third-order valence-corrected chi connectivity index (χ3v) is 3.89. The highest BCUT2D eigenvalue weighted by Gasteiger charge is 2.09. The van der Waals surface area contributed by atoms with E-state index in [1.807, 2.05) is 0 Å². The van der Waals surface area contributed by atoms with Gasteiger partial charge in [-0.2, -0.15) is 0 Å². The zero-order chi connectivity index (χ0) is 15.0. The fourth-order valence-corrected chi connectivity index (χ4v) is 2.83. The van der Waals surface area contributed by atoms with Gasteiger partial charge >= 0.3 is 0 Å². The molecule has 3 nitrogen and oxygen atoms in total. The standard InChI is InChI=1S/C16H27BrN2O/c1-5-18-12-14-11-15(17)10-13(4)16(14)20-9-8-19(6-2)7-3/h10-11,18H,5-9,12H2,1-4H3. The van der Waals surface area contributed by atoms with E-state index in [9.17, 15) is 0 Å². The summed E-state index contributed by atoms with van der Waals surface area (Å²) in [6.45, 7) is 14.3. The van der Waals surface area contributed by atoms with Crippen molar-refractivity contribution in [3.05, 3.63) is 27.7 Å². The summed E-state index contributed by atoms with van der Waals surface area (Å²) in [5.74, 6) is 1.03. The molecule has 0 atom stereocenters. The Kier molecular flexibility index (Phi) is 8.19. The zero-order valence-corrected chi connectivity index (χ0v) is 14.7. The van der Waals surface area contributed by atoms with Crippen LogP contribution in [0.15, 0.2) is 16.6 Å². The van der Waals surface area contributed by atoms with Gasteiger partial charge in [0.15, 0.2) is 0 Å². The normalized spacial score (nSPS) is 11.1. The minimum Gasteiger partial charge on any atom is -0.492 e. The highest BCUT2D eigenvalue weighted by molar-refractivity contribution is 9.10. The molecule has 1 aromatic carbocycles. The Morgan fingerprint density at radius 1 is 1.20 bits per heavy atom. The fraction of sp³-hybridized carbons (Fsp3) is 0.625. The van der Waals surface area contributed by atoms with Gasteiger partial charge in [-0.25, -0.2) is 0 Å². The second-order valence-electron chi connectivity index (χ2n) is 4.87. The first-order valence-corrected chi connectivity index (χ1v) is 8.26. The van der Waals surface area contributed by atoms with Crippen molar-refractivity contribution in [3.63, 3.8) is 0 Å². The molecule has 0 aromatic heterocycles. The summed E-state index contributed by atoms with van der Waals surface area (Å²) in [5, 5.41) is 3.37. The largest absolute Gasteiger partial charge is 0.492 e. The Morgan fingerprint density at radius 2 is 1.90 bits per heavy atom. The van der Waals surface area contributed by atoms with Crippen LogP contribution in [0.25, 0.3) is 0 Å². The summed E-state index contributed by atoms with van der Waals surface area (Å²) in [5.41, 5.74) is 2.41. The molecule has 0 radical (unpaired) electrons. The van der Waals surface area contributed by atoms with Crippen molar-refractivity contribution in [1.82, 2.24) is 10.2 Å². The van der Waals surface area contributed by atoms with Gasteiger partial charge in [-0.05, 0) is 44.3 Å². The maximum absolute atomic E-state index is 6.05. The monoisotopic (exact) mass is 342 g/mol. The van der Waals surface area contributed by atoms with E-state index in [2.05, 4.69) is 66.0 Å². The van der Waals surface area contributed by atoms with Crippen molar-refractivity contribution in [2.75, 3.05) is 32.8 Å². The van der Waals surface area contributed by atoms with E-state index in [0.29, 0.717) is 0 Å². The van der Waals surface area contributed by atoms with Gasteiger partial charge in [0.05, 0.1) is 0 Å². The molecule has 0 spiro atoms. The Morgan fingerprint density at radius 3 is 2.50 bits per heavy atom. The van der Waals surface area contributed by atoms with Crippen LogP contribution in [0, 0.1) is 6.92 Å². The van der Waals surface area contributed by atoms with E-state index in [1.165, 1.54) is 11.1 Å². The van der Waals surface area contributed by atoms with Crippen LogP contribution in [0.1, 0.15) is 31.9 Å². The highest BCUT2D eigenvalue weighted by atomic mass is 79.9. The minimum atomic E-state index is 0.739. The van der Waals surface area contributed by atoms with Crippen molar-refractivity contribution in [2.45, 2.75) is 34.2 Å². The Bertz CT molecular complexity index is 406. The van der Waals surface area contributed by atoms with Crippen LogP contribution in [0.2, 0.25) is 0 Å². The van der Waals surface area contributed by atoms with Crippen LogP contribution in [-0.4, -0.2) is 37.7 Å². The fourth-order valence-electron chi connectivity index (χ4n) is 2.21. The maximum Gasteiger partial charge on any atom is 0.126 e. The Hall–Kier alpha value is -0.580. The summed E-state index contributed by atoms with van der Waals surface area (Å²) >= 11 is 3.56. The second kappa shape index (κ2) is 9.37. The van der Waals surface area contributed by atoms with Crippen molar-refractivity contribution in [2.24, 2.45) is 0 Å². The molecule has 0 aliphatic rings. The van der Waals surface area contributed by atoms with Gasteiger partial charge in [0, 0.05) is 23.1 Å². The first-order chi connectivity index (χ1) is 9.62. The molecule has 1 rings (SSSR count). The van der Waals surface area contributed by atoms with Crippen LogP contribution in [0.5, 0.6) is 5.75 Å². The molecule has 0 amide bonds. The summed E-state index contributed by atoms with van der Waals surface area (Å²) in [4.78, 5) is 2.37. The third kappa shape index (κ3) is 5.43. The average Bonchev–Trinajstić information content (AvgIpc) is 2.43. The van der Waals surface area contributed by atoms with Crippen LogP contribution >= 0.6 is 15.9 Å². The van der Waals surface area contributed by atoms with Crippen LogP contribution < -0.4 is 10.1 Å². The molecule has 1 aromatic rings. The van der Waals surface area contributed by atoms with E-state index >= 15 is 0 Å². The van der Waals surface area contributed by atoms with E-state index in [0.717, 1.165) is 49.6 Å². The molecular weight excluding hydrogens is 316 g/mol. The lowest BCUT2D eigenvalue weighted by Crippen LogP contribution is -2.28. The summed E-state index contributed by atoms with van der Waals surface area (Å²) in [7, 11) is 0. The van der Waals surface area contributed by atoms with E-state index < -0.39 is 0 Å². The van der Waals surface area contributed by atoms with E-state index in [-0.39, 0.29) is 0 Å². The molecule has 0 heterocycles. The number of nitrogens with zero attached hydrogens (tertiary/aromatic N) is 1. The number of hydrogen-bond donors (Lipinski definition) is 1. The number of rotatable bonds is 9. The van der Waals surface area contributed by atoms with Gasteiger partial charge in [-0.1, -0.05) is 36.7 Å². The lowest BCUT2D eigenvalue weighted by Gasteiger charge is -2.20. The highest BCUT2D eigenvalue weighted by Crippen LogP contribution is 2.28. The molecule has 0 saturated heterocycles. The number of aryl methyl sites for hydroxylation is 1. The van der Waals surface area contributed by atoms with Crippen LogP contribution in [0.3, 0.4) is 0 Å². The molecule has 1 N–H and O–H groups in total. The van der Waals surface area contributed by atoms with Gasteiger partial charge in [0.25, 0.3) is 0 Å². The van der Waals surface area contributed by atoms with Crippen molar-refractivity contribution in [3.8, 4) is 5.75 Å². The van der Waals surface area contributed by atoms with Crippen molar-refractivity contribution >= 4 is 15.9 Å². The minimum absolute atomic E-state index is 0.739.